The lowest BCUT2D eigenvalue weighted by molar-refractivity contribution is 0.00627. The maximum atomic E-state index is 11.5. The second-order valence-corrected chi connectivity index (χ2v) is 4.22. The van der Waals surface area contributed by atoms with Gasteiger partial charge in [-0.15, -0.1) is 0 Å². The molecular weight excluding hydrogens is 178 g/mol. The molecule has 0 saturated heterocycles. The lowest BCUT2D eigenvalue weighted by atomic mass is 10.2. The van der Waals surface area contributed by atoms with E-state index in [2.05, 4.69) is 4.98 Å². The summed E-state index contributed by atoms with van der Waals surface area (Å²) >= 11 is 0. The zero-order valence-corrected chi connectivity index (χ0v) is 9.00. The van der Waals surface area contributed by atoms with Crippen LogP contribution >= 0.6 is 0 Å². The number of pyridine rings is 1. The molecule has 0 bridgehead atoms. The van der Waals surface area contributed by atoms with Crippen molar-refractivity contribution in [2.45, 2.75) is 33.3 Å². The summed E-state index contributed by atoms with van der Waals surface area (Å²) in [6.45, 7) is 7.41. The van der Waals surface area contributed by atoms with Crippen molar-refractivity contribution in [3.63, 3.8) is 0 Å². The molecule has 0 aliphatic heterocycles. The Balaban J connectivity index is 2.80. The molecule has 0 fully saturated rings. The van der Waals surface area contributed by atoms with Gasteiger partial charge in [-0.3, -0.25) is 0 Å². The van der Waals surface area contributed by atoms with Crippen molar-refractivity contribution < 1.29 is 9.53 Å². The lowest BCUT2D eigenvalue weighted by Gasteiger charge is -2.19. The number of hydrogen-bond donors (Lipinski definition) is 0. The van der Waals surface area contributed by atoms with Crippen LogP contribution in [0.25, 0.3) is 0 Å². The van der Waals surface area contributed by atoms with E-state index in [9.17, 15) is 4.79 Å². The first-order valence-corrected chi connectivity index (χ1v) is 4.54. The van der Waals surface area contributed by atoms with Gasteiger partial charge >= 0.3 is 5.97 Å². The highest BCUT2D eigenvalue weighted by atomic mass is 16.6. The van der Waals surface area contributed by atoms with E-state index in [0.717, 1.165) is 5.56 Å². The molecule has 3 heteroatoms. The highest BCUT2D eigenvalue weighted by molar-refractivity contribution is 5.87. The van der Waals surface area contributed by atoms with Gasteiger partial charge in [-0.05, 0) is 45.4 Å². The SMILES string of the molecule is Cc1ccnc(C(=O)OC(C)(C)C)c1. The normalized spacial score (nSPS) is 11.1. The Morgan fingerprint density at radius 2 is 2.07 bits per heavy atom. The second-order valence-electron chi connectivity index (χ2n) is 4.22. The van der Waals surface area contributed by atoms with Gasteiger partial charge in [-0.2, -0.15) is 0 Å². The van der Waals surface area contributed by atoms with Gasteiger partial charge in [-0.25, -0.2) is 9.78 Å². The molecule has 0 spiro atoms. The van der Waals surface area contributed by atoms with Crippen LogP contribution in [0.4, 0.5) is 0 Å². The standard InChI is InChI=1S/C11H15NO2/c1-8-5-6-12-9(7-8)10(13)14-11(2,3)4/h5-7H,1-4H3. The molecule has 76 valence electrons. The highest BCUT2D eigenvalue weighted by Gasteiger charge is 2.18. The Hall–Kier alpha value is -1.38. The fourth-order valence-electron chi connectivity index (χ4n) is 0.978. The third-order valence-corrected chi connectivity index (χ3v) is 1.52. The zero-order valence-electron chi connectivity index (χ0n) is 9.00. The van der Waals surface area contributed by atoms with Gasteiger partial charge in [0.05, 0.1) is 0 Å². The van der Waals surface area contributed by atoms with Crippen molar-refractivity contribution in [2.75, 3.05) is 0 Å². The Bertz CT molecular complexity index is 339. The van der Waals surface area contributed by atoms with Crippen LogP contribution in [0.2, 0.25) is 0 Å². The summed E-state index contributed by atoms with van der Waals surface area (Å²) < 4.78 is 5.18. The molecule has 0 aliphatic rings. The summed E-state index contributed by atoms with van der Waals surface area (Å²) in [4.78, 5) is 15.5. The van der Waals surface area contributed by atoms with Crippen molar-refractivity contribution in [1.82, 2.24) is 4.98 Å². The van der Waals surface area contributed by atoms with E-state index >= 15 is 0 Å². The molecule has 1 heterocycles. The first kappa shape index (κ1) is 10.7. The van der Waals surface area contributed by atoms with Crippen LogP contribution in [0, 0.1) is 6.92 Å². The number of aromatic nitrogens is 1. The summed E-state index contributed by atoms with van der Waals surface area (Å²) in [5.41, 5.74) is 0.892. The Morgan fingerprint density at radius 1 is 1.43 bits per heavy atom. The molecule has 1 aromatic rings. The molecule has 3 nitrogen and oxygen atoms in total. The van der Waals surface area contributed by atoms with E-state index in [0.29, 0.717) is 5.69 Å². The summed E-state index contributed by atoms with van der Waals surface area (Å²) in [5, 5.41) is 0. The van der Waals surface area contributed by atoms with Crippen molar-refractivity contribution in [2.24, 2.45) is 0 Å². The zero-order chi connectivity index (χ0) is 10.8. The molecular formula is C11H15NO2. The Kier molecular flexibility index (Phi) is 2.89. The number of carbonyl (C=O) groups excluding carboxylic acids is 1. The van der Waals surface area contributed by atoms with E-state index in [1.165, 1.54) is 0 Å². The van der Waals surface area contributed by atoms with Crippen molar-refractivity contribution in [3.05, 3.63) is 29.6 Å². The molecule has 0 amide bonds. The van der Waals surface area contributed by atoms with E-state index in [-0.39, 0.29) is 5.97 Å². The largest absolute Gasteiger partial charge is 0.455 e. The Morgan fingerprint density at radius 3 is 2.57 bits per heavy atom. The highest BCUT2D eigenvalue weighted by Crippen LogP contribution is 2.11. The van der Waals surface area contributed by atoms with Crippen molar-refractivity contribution in [1.29, 1.82) is 0 Å². The molecule has 0 atom stereocenters. The molecule has 1 aromatic heterocycles. The predicted molar refractivity (Wildman–Crippen MR) is 54.1 cm³/mol. The molecule has 0 saturated carbocycles. The lowest BCUT2D eigenvalue weighted by Crippen LogP contribution is -2.24. The average molecular weight is 193 g/mol. The monoisotopic (exact) mass is 193 g/mol. The topological polar surface area (TPSA) is 39.2 Å². The number of nitrogens with zero attached hydrogens (tertiary/aromatic N) is 1. The number of carbonyl (C=O) groups is 1. The fraction of sp³-hybridized carbons (Fsp3) is 0.455. The second kappa shape index (κ2) is 3.78. The van der Waals surface area contributed by atoms with Crippen LogP contribution in [0.1, 0.15) is 36.8 Å². The van der Waals surface area contributed by atoms with Gasteiger partial charge in [-0.1, -0.05) is 0 Å². The van der Waals surface area contributed by atoms with Gasteiger partial charge in [0.25, 0.3) is 0 Å². The first-order chi connectivity index (χ1) is 6.38. The first-order valence-electron chi connectivity index (χ1n) is 4.54. The molecule has 0 radical (unpaired) electrons. The maximum absolute atomic E-state index is 11.5. The minimum atomic E-state index is -0.470. The molecule has 14 heavy (non-hydrogen) atoms. The number of aryl methyl sites for hydroxylation is 1. The minimum Gasteiger partial charge on any atom is -0.455 e. The third-order valence-electron chi connectivity index (χ3n) is 1.52. The van der Waals surface area contributed by atoms with Gasteiger partial charge < -0.3 is 4.74 Å². The summed E-state index contributed by atoms with van der Waals surface area (Å²) in [7, 11) is 0. The van der Waals surface area contributed by atoms with Crippen LogP contribution in [0.3, 0.4) is 0 Å². The van der Waals surface area contributed by atoms with Gasteiger partial charge in [0, 0.05) is 6.20 Å². The molecule has 0 unspecified atom stereocenters. The Labute approximate surface area is 84.1 Å². The van der Waals surface area contributed by atoms with Crippen LogP contribution in [-0.2, 0) is 4.74 Å². The third kappa shape index (κ3) is 3.17. The maximum Gasteiger partial charge on any atom is 0.357 e. The number of ether oxygens (including phenoxy) is 1. The number of esters is 1. The van der Waals surface area contributed by atoms with Gasteiger partial charge in [0.15, 0.2) is 0 Å². The quantitative estimate of drug-likeness (QED) is 0.642. The molecule has 0 aliphatic carbocycles. The molecule has 0 N–H and O–H groups in total. The van der Waals surface area contributed by atoms with Crippen LogP contribution in [0.5, 0.6) is 0 Å². The molecule has 1 rings (SSSR count). The summed E-state index contributed by atoms with van der Waals surface area (Å²) in [6, 6.07) is 3.56. The smallest absolute Gasteiger partial charge is 0.357 e. The van der Waals surface area contributed by atoms with Crippen LogP contribution < -0.4 is 0 Å². The number of hydrogen-bond acceptors (Lipinski definition) is 3. The van der Waals surface area contributed by atoms with Gasteiger partial charge in [0.1, 0.15) is 11.3 Å². The fourth-order valence-corrected chi connectivity index (χ4v) is 0.978. The summed E-state index contributed by atoms with van der Waals surface area (Å²) in [6.07, 6.45) is 1.61. The average Bonchev–Trinajstić information content (AvgIpc) is 2.01. The van der Waals surface area contributed by atoms with E-state index < -0.39 is 5.60 Å². The summed E-state index contributed by atoms with van der Waals surface area (Å²) in [5.74, 6) is -0.374. The van der Waals surface area contributed by atoms with E-state index in [1.54, 1.807) is 12.3 Å². The van der Waals surface area contributed by atoms with E-state index in [4.69, 9.17) is 4.74 Å². The minimum absolute atomic E-state index is 0.361. The van der Waals surface area contributed by atoms with Gasteiger partial charge in [0.2, 0.25) is 0 Å². The van der Waals surface area contributed by atoms with Crippen molar-refractivity contribution >= 4 is 5.97 Å². The molecule has 0 aromatic carbocycles. The van der Waals surface area contributed by atoms with Crippen LogP contribution in [0.15, 0.2) is 18.3 Å². The van der Waals surface area contributed by atoms with Crippen LogP contribution in [-0.4, -0.2) is 16.6 Å². The number of rotatable bonds is 1. The van der Waals surface area contributed by atoms with Crippen molar-refractivity contribution in [3.8, 4) is 0 Å². The predicted octanol–water partition coefficient (Wildman–Crippen LogP) is 2.35. The van der Waals surface area contributed by atoms with E-state index in [1.807, 2.05) is 33.8 Å².